The normalized spacial score (nSPS) is 19.5. The molecule has 1 saturated heterocycles. The van der Waals surface area contributed by atoms with Gasteiger partial charge in [-0.15, -0.1) is 0 Å². The molecule has 0 radical (unpaired) electrons. The zero-order valence-corrected chi connectivity index (χ0v) is 14.4. The quantitative estimate of drug-likeness (QED) is 0.894. The molecule has 1 fully saturated rings. The average Bonchev–Trinajstić information content (AvgIpc) is 2.61. The number of piperidine rings is 1. The van der Waals surface area contributed by atoms with Crippen molar-refractivity contribution in [2.45, 2.75) is 51.5 Å². The van der Waals surface area contributed by atoms with Crippen LogP contribution < -0.4 is 11.1 Å². The summed E-state index contributed by atoms with van der Waals surface area (Å²) in [6.07, 6.45) is 6.17. The van der Waals surface area contributed by atoms with E-state index < -0.39 is 0 Å². The third kappa shape index (κ3) is 3.71. The predicted octanol–water partition coefficient (Wildman–Crippen LogP) is 2.53. The highest BCUT2D eigenvalue weighted by Crippen LogP contribution is 2.25. The van der Waals surface area contributed by atoms with Crippen molar-refractivity contribution in [3.63, 3.8) is 0 Å². The Morgan fingerprint density at radius 3 is 2.50 bits per heavy atom. The molecule has 130 valence electrons. The molecule has 1 aliphatic heterocycles. The number of hydrogen-bond donors (Lipinski definition) is 2. The lowest BCUT2D eigenvalue weighted by atomic mass is 9.89. The molecule has 1 heterocycles. The minimum absolute atomic E-state index is 0.0152. The predicted molar refractivity (Wildman–Crippen MR) is 93.5 cm³/mol. The van der Waals surface area contributed by atoms with Gasteiger partial charge in [0, 0.05) is 19.0 Å². The maximum Gasteiger partial charge on any atom is 0.317 e. The van der Waals surface area contributed by atoms with Gasteiger partial charge in [-0.05, 0) is 62.1 Å². The first-order chi connectivity index (χ1) is 11.5. The maximum absolute atomic E-state index is 12.4. The molecule has 1 atom stereocenters. The number of carbonyl (C=O) groups excluding carboxylic acids is 2. The molecule has 2 aliphatic rings. The van der Waals surface area contributed by atoms with Crippen LogP contribution in [-0.2, 0) is 17.6 Å². The monoisotopic (exact) mass is 329 g/mol. The fourth-order valence-corrected chi connectivity index (χ4v) is 3.75. The largest absolute Gasteiger partial charge is 0.369 e. The highest BCUT2D eigenvalue weighted by Gasteiger charge is 2.26. The third-order valence-electron chi connectivity index (χ3n) is 5.40. The number of benzene rings is 1. The summed E-state index contributed by atoms with van der Waals surface area (Å²) in [5, 5.41) is 3.09. The molecule has 5 heteroatoms. The SMILES string of the molecule is CC(NC(=O)N1CCC(C(N)=O)CC1)c1ccc2c(c1)CCCC2. The van der Waals surface area contributed by atoms with Gasteiger partial charge in [0.05, 0.1) is 6.04 Å². The standard InChI is InChI=1S/C19H27N3O2/c1-13(16-7-6-14-4-2-3-5-17(14)12-16)21-19(24)22-10-8-15(9-11-22)18(20)23/h6-7,12-13,15H,2-5,8-11H2,1H3,(H2,20,23)(H,21,24). The Hall–Kier alpha value is -2.04. The van der Waals surface area contributed by atoms with Crippen molar-refractivity contribution in [3.05, 3.63) is 34.9 Å². The van der Waals surface area contributed by atoms with Gasteiger partial charge in [-0.3, -0.25) is 4.79 Å². The number of primary amides is 1. The Morgan fingerprint density at radius 2 is 1.83 bits per heavy atom. The second-order valence-electron chi connectivity index (χ2n) is 7.07. The van der Waals surface area contributed by atoms with Crippen molar-refractivity contribution >= 4 is 11.9 Å². The van der Waals surface area contributed by atoms with Crippen LogP contribution >= 0.6 is 0 Å². The van der Waals surface area contributed by atoms with E-state index in [0.717, 1.165) is 12.0 Å². The number of rotatable bonds is 3. The van der Waals surface area contributed by atoms with E-state index in [2.05, 4.69) is 23.5 Å². The summed E-state index contributed by atoms with van der Waals surface area (Å²) in [6.45, 7) is 3.21. The highest BCUT2D eigenvalue weighted by molar-refractivity contribution is 5.78. The fourth-order valence-electron chi connectivity index (χ4n) is 3.75. The van der Waals surface area contributed by atoms with E-state index in [9.17, 15) is 9.59 Å². The molecule has 0 saturated carbocycles. The highest BCUT2D eigenvalue weighted by atomic mass is 16.2. The number of nitrogens with two attached hydrogens (primary N) is 1. The zero-order valence-electron chi connectivity index (χ0n) is 14.4. The number of likely N-dealkylation sites (tertiary alicyclic amines) is 1. The summed E-state index contributed by atoms with van der Waals surface area (Å²) >= 11 is 0. The number of nitrogens with zero attached hydrogens (tertiary/aromatic N) is 1. The smallest absolute Gasteiger partial charge is 0.317 e. The van der Waals surface area contributed by atoms with Gasteiger partial charge in [-0.25, -0.2) is 4.79 Å². The van der Waals surface area contributed by atoms with Gasteiger partial charge >= 0.3 is 6.03 Å². The number of amides is 3. The van der Waals surface area contributed by atoms with Crippen molar-refractivity contribution < 1.29 is 9.59 Å². The van der Waals surface area contributed by atoms with Crippen LogP contribution in [0, 0.1) is 5.92 Å². The Bertz CT molecular complexity index is 621. The Kier molecular flexibility index (Phi) is 5.07. The Morgan fingerprint density at radius 1 is 1.17 bits per heavy atom. The van der Waals surface area contributed by atoms with E-state index in [1.807, 2.05) is 6.92 Å². The van der Waals surface area contributed by atoms with Crippen LogP contribution in [0.4, 0.5) is 4.79 Å². The molecule has 1 unspecified atom stereocenters. The second-order valence-corrected chi connectivity index (χ2v) is 7.07. The van der Waals surface area contributed by atoms with Crippen LogP contribution in [0.2, 0.25) is 0 Å². The number of nitrogens with one attached hydrogen (secondary N) is 1. The number of hydrogen-bond acceptors (Lipinski definition) is 2. The van der Waals surface area contributed by atoms with Gasteiger partial charge in [-0.1, -0.05) is 18.2 Å². The molecule has 0 spiro atoms. The van der Waals surface area contributed by atoms with Gasteiger partial charge in [-0.2, -0.15) is 0 Å². The first kappa shape index (κ1) is 16.8. The second kappa shape index (κ2) is 7.24. The van der Waals surface area contributed by atoms with Crippen LogP contribution in [0.15, 0.2) is 18.2 Å². The molecular weight excluding hydrogens is 302 g/mol. The van der Waals surface area contributed by atoms with Crippen molar-refractivity contribution in [1.82, 2.24) is 10.2 Å². The summed E-state index contributed by atoms with van der Waals surface area (Å²) in [6, 6.07) is 6.53. The third-order valence-corrected chi connectivity index (χ3v) is 5.40. The molecule has 24 heavy (non-hydrogen) atoms. The molecule has 1 aromatic carbocycles. The molecule has 3 N–H and O–H groups in total. The maximum atomic E-state index is 12.4. The summed E-state index contributed by atoms with van der Waals surface area (Å²) in [5.41, 5.74) is 9.39. The van der Waals surface area contributed by atoms with Crippen LogP contribution in [0.1, 0.15) is 55.3 Å². The summed E-state index contributed by atoms with van der Waals surface area (Å²) in [5.74, 6) is -0.343. The first-order valence-corrected chi connectivity index (χ1v) is 9.01. The van der Waals surface area contributed by atoms with Gasteiger partial charge in [0.1, 0.15) is 0 Å². The van der Waals surface area contributed by atoms with Crippen molar-refractivity contribution in [3.8, 4) is 0 Å². The van der Waals surface area contributed by atoms with E-state index in [0.29, 0.717) is 25.9 Å². The lowest BCUT2D eigenvalue weighted by Crippen LogP contribution is -2.46. The molecule has 5 nitrogen and oxygen atoms in total. The van der Waals surface area contributed by atoms with Crippen LogP contribution in [0.5, 0.6) is 0 Å². The minimum Gasteiger partial charge on any atom is -0.369 e. The van der Waals surface area contributed by atoms with Crippen LogP contribution in [-0.4, -0.2) is 29.9 Å². The average molecular weight is 329 g/mol. The van der Waals surface area contributed by atoms with Gasteiger partial charge in [0.2, 0.25) is 5.91 Å². The zero-order chi connectivity index (χ0) is 17.1. The van der Waals surface area contributed by atoms with Crippen LogP contribution in [0.25, 0.3) is 0 Å². The lowest BCUT2D eigenvalue weighted by molar-refractivity contribution is -0.123. The van der Waals surface area contributed by atoms with Crippen molar-refractivity contribution in [2.75, 3.05) is 13.1 Å². The van der Waals surface area contributed by atoms with E-state index >= 15 is 0 Å². The summed E-state index contributed by atoms with van der Waals surface area (Å²) in [7, 11) is 0. The summed E-state index contributed by atoms with van der Waals surface area (Å²) in [4.78, 5) is 25.4. The molecule has 0 bridgehead atoms. The van der Waals surface area contributed by atoms with E-state index in [1.165, 1.54) is 30.4 Å². The van der Waals surface area contributed by atoms with Crippen molar-refractivity contribution in [2.24, 2.45) is 11.7 Å². The Balaban J connectivity index is 1.57. The van der Waals surface area contributed by atoms with E-state index in [-0.39, 0.29) is 23.9 Å². The number of aryl methyl sites for hydroxylation is 2. The first-order valence-electron chi connectivity index (χ1n) is 9.01. The van der Waals surface area contributed by atoms with Gasteiger partial charge < -0.3 is 16.0 Å². The molecule has 3 rings (SSSR count). The fraction of sp³-hybridized carbons (Fsp3) is 0.579. The topological polar surface area (TPSA) is 75.4 Å². The van der Waals surface area contributed by atoms with E-state index in [4.69, 9.17) is 5.73 Å². The molecule has 1 aromatic rings. The summed E-state index contributed by atoms with van der Waals surface area (Å²) < 4.78 is 0. The van der Waals surface area contributed by atoms with Crippen molar-refractivity contribution in [1.29, 1.82) is 0 Å². The molecular formula is C19H27N3O2. The number of fused-ring (bicyclic) bond motifs is 1. The van der Waals surface area contributed by atoms with E-state index in [1.54, 1.807) is 4.90 Å². The number of carbonyl (C=O) groups is 2. The Labute approximate surface area is 143 Å². The number of urea groups is 1. The lowest BCUT2D eigenvalue weighted by Gasteiger charge is -2.31. The van der Waals surface area contributed by atoms with Crippen LogP contribution in [0.3, 0.4) is 0 Å². The van der Waals surface area contributed by atoms with Gasteiger partial charge in [0.25, 0.3) is 0 Å². The molecule has 0 aromatic heterocycles. The minimum atomic E-state index is -0.252. The van der Waals surface area contributed by atoms with Gasteiger partial charge in [0.15, 0.2) is 0 Å². The molecule has 1 aliphatic carbocycles. The molecule has 3 amide bonds.